The molecule has 1 N–H and O–H groups in total. The second-order valence-electron chi connectivity index (χ2n) is 7.08. The number of nitrogens with zero attached hydrogens (tertiary/aromatic N) is 5. The van der Waals surface area contributed by atoms with Crippen molar-refractivity contribution >= 4 is 67.0 Å². The van der Waals surface area contributed by atoms with Gasteiger partial charge in [0, 0.05) is 6.20 Å². The Hall–Kier alpha value is -2.47. The fourth-order valence-electron chi connectivity index (χ4n) is 3.43. The molecule has 1 aliphatic rings. The summed E-state index contributed by atoms with van der Waals surface area (Å²) in [6.07, 6.45) is 3.15. The van der Waals surface area contributed by atoms with Gasteiger partial charge in [-0.2, -0.15) is 0 Å². The van der Waals surface area contributed by atoms with Gasteiger partial charge in [0.15, 0.2) is 0 Å². The third-order valence-electron chi connectivity index (χ3n) is 5.07. The van der Waals surface area contributed by atoms with E-state index >= 15 is 0 Å². The van der Waals surface area contributed by atoms with Crippen LogP contribution >= 0.6 is 11.6 Å². The van der Waals surface area contributed by atoms with Gasteiger partial charge in [-0.3, -0.25) is 4.40 Å². The first-order valence-electron chi connectivity index (χ1n) is 9.87. The van der Waals surface area contributed by atoms with E-state index in [2.05, 4.69) is 15.4 Å². The topological polar surface area (TPSA) is 82.3 Å². The van der Waals surface area contributed by atoms with E-state index in [1.807, 2.05) is 38.9 Å². The number of amides is 1. The van der Waals surface area contributed by atoms with Crippen molar-refractivity contribution in [2.24, 2.45) is 5.10 Å². The number of hydrazone groups is 1. The number of carbonyl (C=O) groups excluding carboxylic acids is 2. The van der Waals surface area contributed by atoms with Crippen molar-refractivity contribution in [2.75, 3.05) is 18.1 Å². The van der Waals surface area contributed by atoms with Crippen LogP contribution in [0, 0.1) is 0 Å². The molecular formula is C21H20ClN6O2Tl. The Morgan fingerprint density at radius 3 is 2.71 bits per heavy atom. The number of amidine groups is 1. The summed E-state index contributed by atoms with van der Waals surface area (Å²) in [6, 6.07) is 11.4. The summed E-state index contributed by atoms with van der Waals surface area (Å²) in [5.74, 6) is 0.285. The van der Waals surface area contributed by atoms with Gasteiger partial charge in [-0.15, -0.1) is 0 Å². The van der Waals surface area contributed by atoms with Crippen molar-refractivity contribution in [3.05, 3.63) is 64.6 Å². The maximum atomic E-state index is 12.9. The number of fused-ring (bicyclic) bond motifs is 1. The Labute approximate surface area is 201 Å². The first-order valence-corrected chi connectivity index (χ1v) is 12.3. The molecule has 0 atom stereocenters. The van der Waals surface area contributed by atoms with Gasteiger partial charge >= 0.3 is 133 Å². The monoisotopic (exact) mass is 628 g/mol. The molecule has 31 heavy (non-hydrogen) atoms. The molecule has 1 aliphatic heterocycles. The van der Waals surface area contributed by atoms with Gasteiger partial charge < -0.3 is 0 Å². The van der Waals surface area contributed by atoms with E-state index < -0.39 is 0 Å². The van der Waals surface area contributed by atoms with E-state index in [4.69, 9.17) is 11.6 Å². The Kier molecular flexibility index (Phi) is 6.56. The van der Waals surface area contributed by atoms with Crippen LogP contribution in [-0.4, -0.2) is 69.3 Å². The molecule has 3 heterocycles. The number of imidazole rings is 1. The van der Waals surface area contributed by atoms with Crippen molar-refractivity contribution < 1.29 is 9.59 Å². The van der Waals surface area contributed by atoms with Gasteiger partial charge in [0.05, 0.1) is 10.7 Å². The summed E-state index contributed by atoms with van der Waals surface area (Å²) < 4.78 is 3.73. The molecule has 10 heteroatoms. The number of halogens is 1. The Morgan fingerprint density at radius 2 is 2.00 bits per heavy atom. The van der Waals surface area contributed by atoms with Crippen LogP contribution in [0.1, 0.15) is 28.7 Å². The predicted molar refractivity (Wildman–Crippen MR) is 120 cm³/mol. The molecule has 0 spiro atoms. The number of aromatic nitrogens is 2. The Balaban J connectivity index is 1.47. The van der Waals surface area contributed by atoms with Gasteiger partial charge in [0.1, 0.15) is 5.65 Å². The van der Waals surface area contributed by atoms with Crippen LogP contribution in [0.25, 0.3) is 5.65 Å². The molecule has 0 unspecified atom stereocenters. The minimum atomic E-state index is -0.194. The van der Waals surface area contributed by atoms with Crippen molar-refractivity contribution in [3.63, 3.8) is 0 Å². The van der Waals surface area contributed by atoms with Crippen LogP contribution in [0.5, 0.6) is 0 Å². The zero-order valence-corrected chi connectivity index (χ0v) is 22.2. The van der Waals surface area contributed by atoms with Crippen molar-refractivity contribution in [2.45, 2.75) is 19.9 Å². The van der Waals surface area contributed by atoms with Gasteiger partial charge in [0.25, 0.3) is 0 Å². The van der Waals surface area contributed by atoms with E-state index in [1.165, 1.54) is 0 Å². The average Bonchev–Trinajstić information content (AvgIpc) is 3.16. The fraction of sp³-hybridized carbons (Fsp3) is 0.238. The van der Waals surface area contributed by atoms with E-state index in [1.54, 1.807) is 22.7 Å². The number of hydrogen-bond acceptors (Lipinski definition) is 6. The molecule has 156 valence electrons. The predicted octanol–water partition coefficient (Wildman–Crippen LogP) is 2.20. The van der Waals surface area contributed by atoms with Crippen LogP contribution in [0.15, 0.2) is 47.7 Å². The summed E-state index contributed by atoms with van der Waals surface area (Å²) >= 11 is 6.67. The van der Waals surface area contributed by atoms with E-state index in [-0.39, 0.29) is 5.91 Å². The molecule has 0 saturated carbocycles. The first kappa shape index (κ1) is 21.8. The number of pyridine rings is 1. The quantitative estimate of drug-likeness (QED) is 0.335. The van der Waals surface area contributed by atoms with Crippen LogP contribution in [-0.2, 0) is 17.8 Å². The zero-order chi connectivity index (χ0) is 22.0. The number of aldehydes is 1. The molecule has 2 aromatic heterocycles. The second kappa shape index (κ2) is 9.35. The van der Waals surface area contributed by atoms with Crippen molar-refractivity contribution in [1.29, 1.82) is 0 Å². The van der Waals surface area contributed by atoms with Gasteiger partial charge in [-0.25, -0.2) is 4.98 Å². The number of hydrogen-bond donors (Lipinski definition) is 1. The number of carbonyl (C=O) groups is 2. The number of nitrogens with one attached hydrogen (secondary N) is 1. The van der Waals surface area contributed by atoms with Crippen LogP contribution in [0.4, 0.5) is 5.69 Å². The van der Waals surface area contributed by atoms with E-state index in [9.17, 15) is 9.59 Å². The third kappa shape index (κ3) is 4.59. The molecule has 0 saturated heterocycles. The SMILES string of the molecule is CCc1nc2ccc(Cl)cn2c1C(=O)NCc1ccc(N2CC[N]([Tl])C(C=O)=N2)cc1. The van der Waals surface area contributed by atoms with Crippen LogP contribution in [0.2, 0.25) is 5.02 Å². The molecule has 4 rings (SSSR count). The number of anilines is 1. The Bertz CT molecular complexity index is 1160. The standard InChI is InChI=1S/C21H21ClN6O2.Tl/c1-2-17-20(27-12-15(22)5-8-19(27)25-17)21(30)24-11-14-3-6-16(7-4-14)28-10-9-23-18(13-29)26-28;/h3-8,12-13H,2,9-11H2,1H3,(H2,23,24,26,30);/q;+1/p-1. The van der Waals surface area contributed by atoms with Crippen molar-refractivity contribution in [3.8, 4) is 0 Å². The fourth-order valence-corrected chi connectivity index (χ4v) is 4.48. The third-order valence-corrected chi connectivity index (χ3v) is 7.32. The van der Waals surface area contributed by atoms with Crippen LogP contribution in [0.3, 0.4) is 0 Å². The number of rotatable bonds is 6. The number of aryl methyl sites for hydroxylation is 1. The summed E-state index contributed by atoms with van der Waals surface area (Å²) in [7, 11) is 0. The molecule has 3 aromatic rings. The van der Waals surface area contributed by atoms with Crippen LogP contribution < -0.4 is 10.3 Å². The van der Waals surface area contributed by atoms with E-state index in [0.29, 0.717) is 61.2 Å². The van der Waals surface area contributed by atoms with E-state index in [0.717, 1.165) is 36.3 Å². The average molecular weight is 628 g/mol. The zero-order valence-electron chi connectivity index (χ0n) is 17.0. The number of benzene rings is 1. The van der Waals surface area contributed by atoms with Gasteiger partial charge in [-0.1, -0.05) is 18.5 Å². The first-order chi connectivity index (χ1) is 15.0. The molecule has 1 aromatic carbocycles. The molecular weight excluding hydrogens is 608 g/mol. The van der Waals surface area contributed by atoms with Gasteiger partial charge in [0.2, 0.25) is 0 Å². The molecule has 0 bridgehead atoms. The second-order valence-corrected chi connectivity index (χ2v) is 9.94. The van der Waals surface area contributed by atoms with Gasteiger partial charge in [-0.05, 0) is 18.6 Å². The summed E-state index contributed by atoms with van der Waals surface area (Å²) in [5, 5.41) is 9.76. The summed E-state index contributed by atoms with van der Waals surface area (Å²) in [6.45, 7) is 3.89. The summed E-state index contributed by atoms with van der Waals surface area (Å²) in [4.78, 5) is 28.6. The van der Waals surface area contributed by atoms with Crippen molar-refractivity contribution in [1.82, 2.24) is 17.4 Å². The molecule has 1 amide bonds. The Morgan fingerprint density at radius 1 is 1.23 bits per heavy atom. The molecule has 0 aliphatic carbocycles. The molecule has 0 radical (unpaired) electrons. The molecule has 0 fully saturated rings. The summed E-state index contributed by atoms with van der Waals surface area (Å²) in [5.41, 5.74) is 3.81. The normalized spacial score (nSPS) is 13.9. The maximum absolute atomic E-state index is 12.9. The minimum absolute atomic E-state index is 0.194. The molecule has 8 nitrogen and oxygen atoms in total.